The maximum absolute atomic E-state index is 5.59. The first-order valence-electron chi connectivity index (χ1n) is 4.55. The van der Waals surface area contributed by atoms with Gasteiger partial charge in [-0.1, -0.05) is 0 Å². The highest BCUT2D eigenvalue weighted by atomic mass is 29.2. The van der Waals surface area contributed by atoms with Gasteiger partial charge in [-0.3, -0.25) is 0 Å². The summed E-state index contributed by atoms with van der Waals surface area (Å²) >= 11 is 0. The van der Waals surface area contributed by atoms with E-state index in [2.05, 4.69) is 6.58 Å². The molecule has 0 amide bonds. The van der Waals surface area contributed by atoms with Crippen LogP contribution in [-0.4, -0.2) is 37.2 Å². The Morgan fingerprint density at radius 1 is 1.08 bits per heavy atom. The summed E-state index contributed by atoms with van der Waals surface area (Å²) in [5, 5.41) is 0. The van der Waals surface area contributed by atoms with Crippen LogP contribution in [0.5, 0.6) is 0 Å². The summed E-state index contributed by atoms with van der Waals surface area (Å²) in [6, 6.07) is 0. The summed E-state index contributed by atoms with van der Waals surface area (Å²) in [7, 11) is -1.95. The molecule has 13 heavy (non-hydrogen) atoms. The van der Waals surface area contributed by atoms with Crippen LogP contribution in [0.3, 0.4) is 0 Å². The Balaban J connectivity index is 4.27. The predicted octanol–water partition coefficient (Wildman–Crippen LogP) is 1.38. The van der Waals surface area contributed by atoms with Gasteiger partial charge in [0.05, 0.1) is 0 Å². The van der Waals surface area contributed by atoms with E-state index in [1.54, 1.807) is 0 Å². The SMILES string of the molecule is C=C[Si][Si](OCC)(OCC)OCC. The second-order valence-corrected chi connectivity index (χ2v) is 7.58. The minimum atomic E-state index is -2.39. The van der Waals surface area contributed by atoms with Crippen molar-refractivity contribution in [2.24, 2.45) is 0 Å². The van der Waals surface area contributed by atoms with Gasteiger partial charge in [-0.15, -0.1) is 12.3 Å². The maximum Gasteiger partial charge on any atom is 0.469 e. The maximum atomic E-state index is 5.59. The fraction of sp³-hybridized carbons (Fsp3) is 0.750. The average Bonchev–Trinajstić information content (AvgIpc) is 2.06. The van der Waals surface area contributed by atoms with Crippen LogP contribution in [0.2, 0.25) is 0 Å². The van der Waals surface area contributed by atoms with Crippen molar-refractivity contribution in [3.8, 4) is 0 Å². The third kappa shape index (κ3) is 4.73. The van der Waals surface area contributed by atoms with E-state index in [1.165, 1.54) is 0 Å². The van der Waals surface area contributed by atoms with Crippen LogP contribution < -0.4 is 0 Å². The molecule has 0 rings (SSSR count). The average molecular weight is 218 g/mol. The van der Waals surface area contributed by atoms with Crippen LogP contribution in [-0.2, 0) is 13.3 Å². The van der Waals surface area contributed by atoms with E-state index in [0.29, 0.717) is 28.9 Å². The monoisotopic (exact) mass is 218 g/mol. The lowest BCUT2D eigenvalue weighted by Gasteiger charge is -2.27. The van der Waals surface area contributed by atoms with E-state index in [9.17, 15) is 0 Å². The predicted molar refractivity (Wildman–Crippen MR) is 56.6 cm³/mol. The normalized spacial score (nSPS) is 11.6. The van der Waals surface area contributed by atoms with Crippen LogP contribution in [0.25, 0.3) is 0 Å². The zero-order valence-electron chi connectivity index (χ0n) is 8.63. The van der Waals surface area contributed by atoms with Crippen molar-refractivity contribution in [2.75, 3.05) is 19.8 Å². The molecule has 0 spiro atoms. The van der Waals surface area contributed by atoms with Gasteiger partial charge in [0.15, 0.2) is 9.04 Å². The standard InChI is InChI=1S/C8H18O3Si2/c1-5-9-13(10-6-2,11-7-3)12-8-4/h8H,4-7H2,1-3H3. The molecule has 0 aliphatic carbocycles. The lowest BCUT2D eigenvalue weighted by atomic mass is 10.9. The molecule has 0 heterocycles. The largest absolute Gasteiger partial charge is 0.469 e. The summed E-state index contributed by atoms with van der Waals surface area (Å²) in [6.45, 7) is 11.5. The van der Waals surface area contributed by atoms with Crippen molar-refractivity contribution in [3.05, 3.63) is 12.3 Å². The van der Waals surface area contributed by atoms with E-state index in [0.717, 1.165) is 0 Å². The minimum Gasteiger partial charge on any atom is -0.377 e. The number of hydrogen-bond acceptors (Lipinski definition) is 3. The number of hydrogen-bond donors (Lipinski definition) is 0. The molecule has 0 aromatic rings. The van der Waals surface area contributed by atoms with Crippen LogP contribution >= 0.6 is 0 Å². The molecule has 76 valence electrons. The molecule has 0 aromatic carbocycles. The molecule has 5 heteroatoms. The van der Waals surface area contributed by atoms with E-state index >= 15 is 0 Å². The number of rotatable bonds is 8. The summed E-state index contributed by atoms with van der Waals surface area (Å²) in [5.41, 5.74) is 1.83. The van der Waals surface area contributed by atoms with Crippen LogP contribution in [0.4, 0.5) is 0 Å². The highest BCUT2D eigenvalue weighted by molar-refractivity contribution is 7.16. The second-order valence-electron chi connectivity index (χ2n) is 2.20. The molecule has 0 N–H and O–H groups in total. The van der Waals surface area contributed by atoms with Crippen LogP contribution in [0, 0.1) is 0 Å². The van der Waals surface area contributed by atoms with Crippen LogP contribution in [0.1, 0.15) is 20.8 Å². The Hall–Kier alpha value is 0.0538. The molecule has 0 aliphatic heterocycles. The topological polar surface area (TPSA) is 27.7 Å². The first-order chi connectivity index (χ1) is 6.24. The molecule has 0 saturated heterocycles. The summed E-state index contributed by atoms with van der Waals surface area (Å²) in [5.74, 6) is 0. The van der Waals surface area contributed by atoms with E-state index in [-0.39, 0.29) is 0 Å². The molecule has 3 nitrogen and oxygen atoms in total. The van der Waals surface area contributed by atoms with Gasteiger partial charge in [-0.2, -0.15) is 0 Å². The lowest BCUT2D eigenvalue weighted by molar-refractivity contribution is 0.0933. The molecule has 0 unspecified atom stereocenters. The molecular weight excluding hydrogens is 200 g/mol. The third-order valence-corrected chi connectivity index (χ3v) is 6.82. The second kappa shape index (κ2) is 7.46. The van der Waals surface area contributed by atoms with Crippen molar-refractivity contribution >= 4 is 17.4 Å². The molecule has 0 bridgehead atoms. The summed E-state index contributed by atoms with van der Waals surface area (Å²) in [6.07, 6.45) is 0. The van der Waals surface area contributed by atoms with Gasteiger partial charge >= 0.3 is 8.32 Å². The zero-order chi connectivity index (χ0) is 10.2. The van der Waals surface area contributed by atoms with Crippen molar-refractivity contribution < 1.29 is 13.3 Å². The molecule has 0 saturated carbocycles. The van der Waals surface area contributed by atoms with Crippen molar-refractivity contribution in [3.63, 3.8) is 0 Å². The molecular formula is C8H18O3Si2. The van der Waals surface area contributed by atoms with Crippen molar-refractivity contribution in [1.29, 1.82) is 0 Å². The Morgan fingerprint density at radius 2 is 1.46 bits per heavy atom. The Kier molecular flexibility index (Phi) is 7.49. The van der Waals surface area contributed by atoms with Gasteiger partial charge < -0.3 is 13.3 Å². The van der Waals surface area contributed by atoms with Gasteiger partial charge in [0.2, 0.25) is 0 Å². The van der Waals surface area contributed by atoms with Crippen molar-refractivity contribution in [2.45, 2.75) is 20.8 Å². The quantitative estimate of drug-likeness (QED) is 0.576. The molecule has 0 aliphatic rings. The van der Waals surface area contributed by atoms with E-state index < -0.39 is 8.32 Å². The van der Waals surface area contributed by atoms with Gasteiger partial charge in [-0.05, 0) is 20.8 Å². The van der Waals surface area contributed by atoms with Crippen molar-refractivity contribution in [1.82, 2.24) is 0 Å². The highest BCUT2D eigenvalue weighted by Gasteiger charge is 2.38. The first-order valence-corrected chi connectivity index (χ1v) is 8.35. The minimum absolute atomic E-state index is 0.433. The van der Waals surface area contributed by atoms with Gasteiger partial charge in [0, 0.05) is 19.8 Å². The third-order valence-electron chi connectivity index (χ3n) is 1.28. The van der Waals surface area contributed by atoms with Gasteiger partial charge in [-0.25, -0.2) is 0 Å². The van der Waals surface area contributed by atoms with E-state index in [4.69, 9.17) is 13.3 Å². The fourth-order valence-corrected chi connectivity index (χ4v) is 5.63. The molecule has 2 radical (unpaired) electrons. The lowest BCUT2D eigenvalue weighted by Crippen LogP contribution is -2.51. The Bertz CT molecular complexity index is 124. The summed E-state index contributed by atoms with van der Waals surface area (Å²) < 4.78 is 16.8. The highest BCUT2D eigenvalue weighted by Crippen LogP contribution is 2.08. The molecule has 0 fully saturated rings. The van der Waals surface area contributed by atoms with Gasteiger partial charge in [0.25, 0.3) is 0 Å². The molecule has 0 aromatic heterocycles. The smallest absolute Gasteiger partial charge is 0.377 e. The Labute approximate surface area is 84.1 Å². The van der Waals surface area contributed by atoms with E-state index in [1.807, 2.05) is 26.5 Å². The van der Waals surface area contributed by atoms with Crippen LogP contribution in [0.15, 0.2) is 12.3 Å². The zero-order valence-corrected chi connectivity index (χ0v) is 10.6. The Morgan fingerprint density at radius 3 is 1.69 bits per heavy atom. The fourth-order valence-electron chi connectivity index (χ4n) is 0.945. The first kappa shape index (κ1) is 13.1. The summed E-state index contributed by atoms with van der Waals surface area (Å²) in [4.78, 5) is 0. The molecule has 0 atom stereocenters. The van der Waals surface area contributed by atoms with Gasteiger partial charge in [0.1, 0.15) is 0 Å².